The van der Waals surface area contributed by atoms with Gasteiger partial charge in [-0.3, -0.25) is 4.68 Å². The molecule has 0 spiro atoms. The molecule has 0 saturated carbocycles. The van der Waals surface area contributed by atoms with Crippen molar-refractivity contribution in [1.29, 1.82) is 0 Å². The van der Waals surface area contributed by atoms with Crippen molar-refractivity contribution in [1.82, 2.24) is 9.78 Å². The molecule has 0 amide bonds. The molecule has 0 atom stereocenters. The molecule has 2 aromatic rings. The van der Waals surface area contributed by atoms with E-state index in [-0.39, 0.29) is 17.7 Å². The molecular formula is C12H10ClFN2O2. The monoisotopic (exact) mass is 268 g/mol. The molecule has 0 saturated heterocycles. The molecule has 0 aliphatic heterocycles. The SMILES string of the molecule is Cc1c(Cl)cnn1Cc1cccc(C(=O)O)c1F. The fourth-order valence-electron chi connectivity index (χ4n) is 1.61. The van der Waals surface area contributed by atoms with Gasteiger partial charge in [0.05, 0.1) is 29.0 Å². The summed E-state index contributed by atoms with van der Waals surface area (Å²) in [6, 6.07) is 4.25. The summed E-state index contributed by atoms with van der Waals surface area (Å²) in [5.41, 5.74) is 0.623. The van der Waals surface area contributed by atoms with Gasteiger partial charge in [0.1, 0.15) is 5.82 Å². The maximum Gasteiger partial charge on any atom is 0.338 e. The first-order valence-electron chi connectivity index (χ1n) is 5.19. The first-order chi connectivity index (χ1) is 8.50. The van der Waals surface area contributed by atoms with Gasteiger partial charge in [-0.25, -0.2) is 9.18 Å². The molecule has 6 heteroatoms. The number of carboxylic acid groups (broad SMARTS) is 1. The van der Waals surface area contributed by atoms with Gasteiger partial charge in [-0.15, -0.1) is 0 Å². The van der Waals surface area contributed by atoms with E-state index in [1.807, 2.05) is 0 Å². The summed E-state index contributed by atoms with van der Waals surface area (Å²) in [4.78, 5) is 10.8. The minimum absolute atomic E-state index is 0.144. The second-order valence-corrected chi connectivity index (χ2v) is 4.23. The molecule has 1 heterocycles. The zero-order valence-electron chi connectivity index (χ0n) is 9.52. The summed E-state index contributed by atoms with van der Waals surface area (Å²) < 4.78 is 15.4. The molecule has 0 bridgehead atoms. The van der Waals surface area contributed by atoms with E-state index in [9.17, 15) is 9.18 Å². The Balaban J connectivity index is 2.38. The van der Waals surface area contributed by atoms with Crippen LogP contribution in [0.3, 0.4) is 0 Å². The van der Waals surface area contributed by atoms with Gasteiger partial charge in [0.2, 0.25) is 0 Å². The molecule has 1 aromatic heterocycles. The molecule has 2 rings (SSSR count). The molecule has 18 heavy (non-hydrogen) atoms. The Morgan fingerprint density at radius 2 is 2.28 bits per heavy atom. The van der Waals surface area contributed by atoms with E-state index in [0.717, 1.165) is 0 Å². The minimum Gasteiger partial charge on any atom is -0.478 e. The second-order valence-electron chi connectivity index (χ2n) is 3.82. The van der Waals surface area contributed by atoms with Crippen molar-refractivity contribution in [3.8, 4) is 0 Å². The third-order valence-electron chi connectivity index (χ3n) is 2.67. The molecule has 1 N–H and O–H groups in total. The molecule has 0 aliphatic rings. The van der Waals surface area contributed by atoms with Crippen molar-refractivity contribution in [2.75, 3.05) is 0 Å². The smallest absolute Gasteiger partial charge is 0.338 e. The highest BCUT2D eigenvalue weighted by atomic mass is 35.5. The van der Waals surface area contributed by atoms with Crippen molar-refractivity contribution in [2.45, 2.75) is 13.5 Å². The highest BCUT2D eigenvalue weighted by molar-refractivity contribution is 6.31. The lowest BCUT2D eigenvalue weighted by Gasteiger charge is -2.07. The zero-order valence-corrected chi connectivity index (χ0v) is 10.3. The van der Waals surface area contributed by atoms with E-state index in [4.69, 9.17) is 16.7 Å². The summed E-state index contributed by atoms with van der Waals surface area (Å²) in [6.07, 6.45) is 1.47. The van der Waals surface area contributed by atoms with Crippen LogP contribution in [-0.4, -0.2) is 20.9 Å². The number of carbonyl (C=O) groups is 1. The Morgan fingerprint density at radius 1 is 1.56 bits per heavy atom. The third kappa shape index (κ3) is 2.22. The number of carboxylic acids is 1. The first kappa shape index (κ1) is 12.6. The van der Waals surface area contributed by atoms with Gasteiger partial charge in [-0.1, -0.05) is 23.7 Å². The van der Waals surface area contributed by atoms with E-state index < -0.39 is 11.8 Å². The fourth-order valence-corrected chi connectivity index (χ4v) is 1.75. The lowest BCUT2D eigenvalue weighted by molar-refractivity contribution is 0.0691. The van der Waals surface area contributed by atoms with Crippen LogP contribution in [0.5, 0.6) is 0 Å². The Hall–Kier alpha value is -1.88. The third-order valence-corrected chi connectivity index (χ3v) is 3.04. The largest absolute Gasteiger partial charge is 0.478 e. The molecule has 94 valence electrons. The van der Waals surface area contributed by atoms with Gasteiger partial charge in [0, 0.05) is 5.56 Å². The maximum absolute atomic E-state index is 13.9. The van der Waals surface area contributed by atoms with Crippen LogP contribution in [0.1, 0.15) is 21.6 Å². The molecule has 0 fully saturated rings. The summed E-state index contributed by atoms with van der Waals surface area (Å²) >= 11 is 5.85. The number of rotatable bonds is 3. The van der Waals surface area contributed by atoms with Gasteiger partial charge in [-0.05, 0) is 13.0 Å². The van der Waals surface area contributed by atoms with E-state index >= 15 is 0 Å². The number of hydrogen-bond donors (Lipinski definition) is 1. The lowest BCUT2D eigenvalue weighted by atomic mass is 10.1. The minimum atomic E-state index is -1.29. The van der Waals surface area contributed by atoms with Crippen molar-refractivity contribution < 1.29 is 14.3 Å². The van der Waals surface area contributed by atoms with Crippen molar-refractivity contribution >= 4 is 17.6 Å². The van der Waals surface area contributed by atoms with E-state index in [1.165, 1.54) is 29.1 Å². The number of nitrogens with zero attached hydrogens (tertiary/aromatic N) is 2. The van der Waals surface area contributed by atoms with Crippen LogP contribution in [0.2, 0.25) is 5.02 Å². The van der Waals surface area contributed by atoms with E-state index in [2.05, 4.69) is 5.10 Å². The number of aromatic carboxylic acids is 1. The summed E-state index contributed by atoms with van der Waals surface area (Å²) in [7, 11) is 0. The van der Waals surface area contributed by atoms with Crippen LogP contribution in [-0.2, 0) is 6.54 Å². The summed E-state index contributed by atoms with van der Waals surface area (Å²) in [5.74, 6) is -2.03. The van der Waals surface area contributed by atoms with Crippen LogP contribution >= 0.6 is 11.6 Å². The molecule has 4 nitrogen and oxygen atoms in total. The van der Waals surface area contributed by atoms with Crippen molar-refractivity contribution in [3.63, 3.8) is 0 Å². The summed E-state index contributed by atoms with van der Waals surface area (Å²) in [5, 5.41) is 13.3. The van der Waals surface area contributed by atoms with Crippen molar-refractivity contribution in [2.24, 2.45) is 0 Å². The van der Waals surface area contributed by atoms with Crippen LogP contribution in [0.4, 0.5) is 4.39 Å². The topological polar surface area (TPSA) is 55.1 Å². The first-order valence-corrected chi connectivity index (χ1v) is 5.57. The van der Waals surface area contributed by atoms with Gasteiger partial charge in [0.15, 0.2) is 0 Å². The zero-order chi connectivity index (χ0) is 13.3. The van der Waals surface area contributed by atoms with Crippen LogP contribution in [0.15, 0.2) is 24.4 Å². The van der Waals surface area contributed by atoms with Crippen LogP contribution < -0.4 is 0 Å². The number of hydrogen-bond acceptors (Lipinski definition) is 2. The average molecular weight is 269 g/mol. The van der Waals surface area contributed by atoms with E-state index in [1.54, 1.807) is 6.92 Å². The molecule has 0 unspecified atom stereocenters. The molecule has 0 radical (unpaired) electrons. The number of benzene rings is 1. The normalized spacial score (nSPS) is 10.6. The lowest BCUT2D eigenvalue weighted by Crippen LogP contribution is -2.09. The van der Waals surface area contributed by atoms with Gasteiger partial charge in [-0.2, -0.15) is 5.10 Å². The van der Waals surface area contributed by atoms with Crippen LogP contribution in [0.25, 0.3) is 0 Å². The molecular weight excluding hydrogens is 259 g/mol. The second kappa shape index (κ2) is 4.78. The van der Waals surface area contributed by atoms with Gasteiger partial charge >= 0.3 is 5.97 Å². The number of halogens is 2. The van der Waals surface area contributed by atoms with Gasteiger partial charge in [0.25, 0.3) is 0 Å². The Bertz CT molecular complexity index is 610. The summed E-state index contributed by atoms with van der Waals surface area (Å²) in [6.45, 7) is 1.90. The highest BCUT2D eigenvalue weighted by Gasteiger charge is 2.15. The Morgan fingerprint density at radius 3 is 2.83 bits per heavy atom. The van der Waals surface area contributed by atoms with Crippen LogP contribution in [0, 0.1) is 12.7 Å². The van der Waals surface area contributed by atoms with E-state index in [0.29, 0.717) is 10.7 Å². The van der Waals surface area contributed by atoms with Gasteiger partial charge < -0.3 is 5.11 Å². The number of aromatic nitrogens is 2. The quantitative estimate of drug-likeness (QED) is 0.931. The standard InChI is InChI=1S/C12H10ClFN2O2/c1-7-10(13)5-15-16(7)6-8-3-2-4-9(11(8)14)12(17)18/h2-5H,6H2,1H3,(H,17,18). The predicted octanol–water partition coefficient (Wildman–Crippen LogP) is 2.73. The Labute approximate surface area is 108 Å². The highest BCUT2D eigenvalue weighted by Crippen LogP contribution is 2.18. The maximum atomic E-state index is 13.9. The fraction of sp³-hybridized carbons (Fsp3) is 0.167. The average Bonchev–Trinajstić information content (AvgIpc) is 2.63. The van der Waals surface area contributed by atoms with Crippen molar-refractivity contribution in [3.05, 3.63) is 52.1 Å². The predicted molar refractivity (Wildman–Crippen MR) is 64.4 cm³/mol. The molecule has 0 aliphatic carbocycles. The Kier molecular flexibility index (Phi) is 3.34. The molecule has 1 aromatic carbocycles.